The number of carboxylic acid groups (broad SMARTS) is 1. The first-order valence-corrected chi connectivity index (χ1v) is 6.53. The van der Waals surface area contributed by atoms with Gasteiger partial charge in [0.1, 0.15) is 12.4 Å². The van der Waals surface area contributed by atoms with Crippen LogP contribution in [0.3, 0.4) is 0 Å². The van der Waals surface area contributed by atoms with Crippen LogP contribution >= 0.6 is 11.8 Å². The number of aliphatic carboxylic acids is 1. The number of aromatic nitrogens is 4. The molecule has 0 aliphatic heterocycles. The number of thioether (sulfide) groups is 1. The van der Waals surface area contributed by atoms with E-state index in [1.165, 1.54) is 4.68 Å². The molecule has 100 valence electrons. The van der Waals surface area contributed by atoms with Crippen LogP contribution in [-0.2, 0) is 11.3 Å². The Morgan fingerprint density at radius 3 is 2.89 bits per heavy atom. The lowest BCUT2D eigenvalue weighted by molar-refractivity contribution is -0.133. The molecule has 1 heterocycles. The van der Waals surface area contributed by atoms with Gasteiger partial charge in [-0.15, -0.1) is 5.10 Å². The van der Waals surface area contributed by atoms with E-state index in [1.54, 1.807) is 0 Å². The number of ether oxygens (including phenoxy) is 1. The molecule has 0 saturated heterocycles. The van der Waals surface area contributed by atoms with Crippen LogP contribution in [0.25, 0.3) is 0 Å². The van der Waals surface area contributed by atoms with Crippen molar-refractivity contribution in [3.63, 3.8) is 0 Å². The number of para-hydroxylation sites is 1. The molecule has 0 spiro atoms. The minimum atomic E-state index is -0.903. The summed E-state index contributed by atoms with van der Waals surface area (Å²) in [5.74, 6) is -0.199. The van der Waals surface area contributed by atoms with Crippen molar-refractivity contribution >= 4 is 17.7 Å². The summed E-state index contributed by atoms with van der Waals surface area (Å²) >= 11 is 1.08. The van der Waals surface area contributed by atoms with Crippen LogP contribution in [0.2, 0.25) is 0 Å². The van der Waals surface area contributed by atoms with Gasteiger partial charge in [0, 0.05) is 0 Å². The number of rotatable bonds is 7. The first-order valence-electron chi connectivity index (χ1n) is 5.54. The molecule has 0 aliphatic carbocycles. The second-order valence-electron chi connectivity index (χ2n) is 3.53. The van der Waals surface area contributed by atoms with E-state index in [4.69, 9.17) is 9.84 Å². The topological polar surface area (TPSA) is 90.1 Å². The average Bonchev–Trinajstić information content (AvgIpc) is 2.85. The highest BCUT2D eigenvalue weighted by atomic mass is 32.2. The number of tetrazole rings is 1. The van der Waals surface area contributed by atoms with Gasteiger partial charge in [-0.05, 0) is 22.6 Å². The Morgan fingerprint density at radius 2 is 2.16 bits per heavy atom. The zero-order chi connectivity index (χ0) is 13.5. The van der Waals surface area contributed by atoms with Crippen molar-refractivity contribution in [3.8, 4) is 5.75 Å². The fourth-order valence-corrected chi connectivity index (χ4v) is 1.96. The average molecular weight is 280 g/mol. The van der Waals surface area contributed by atoms with Gasteiger partial charge in [0.2, 0.25) is 5.16 Å². The van der Waals surface area contributed by atoms with Crippen molar-refractivity contribution in [2.24, 2.45) is 0 Å². The highest BCUT2D eigenvalue weighted by molar-refractivity contribution is 7.99. The van der Waals surface area contributed by atoms with Crippen LogP contribution in [0.15, 0.2) is 35.5 Å². The van der Waals surface area contributed by atoms with Gasteiger partial charge in [-0.2, -0.15) is 0 Å². The molecule has 0 bridgehead atoms. The van der Waals surface area contributed by atoms with Gasteiger partial charge >= 0.3 is 5.97 Å². The Bertz CT molecular complexity index is 532. The van der Waals surface area contributed by atoms with Crippen molar-refractivity contribution < 1.29 is 14.6 Å². The van der Waals surface area contributed by atoms with Crippen molar-refractivity contribution in [1.82, 2.24) is 20.2 Å². The molecule has 7 nitrogen and oxygen atoms in total. The molecule has 0 saturated carbocycles. The van der Waals surface area contributed by atoms with Crippen molar-refractivity contribution in [2.45, 2.75) is 11.7 Å². The molecule has 0 amide bonds. The molecule has 1 aromatic carbocycles. The van der Waals surface area contributed by atoms with Crippen molar-refractivity contribution in [2.75, 3.05) is 12.4 Å². The van der Waals surface area contributed by atoms with Crippen molar-refractivity contribution in [3.05, 3.63) is 30.3 Å². The van der Waals surface area contributed by atoms with Crippen LogP contribution in [-0.4, -0.2) is 43.6 Å². The summed E-state index contributed by atoms with van der Waals surface area (Å²) in [4.78, 5) is 10.5. The van der Waals surface area contributed by atoms with Crippen LogP contribution in [0, 0.1) is 0 Å². The maximum atomic E-state index is 10.5. The van der Waals surface area contributed by atoms with E-state index in [9.17, 15) is 4.79 Å². The number of benzene rings is 1. The zero-order valence-corrected chi connectivity index (χ0v) is 10.8. The second-order valence-corrected chi connectivity index (χ2v) is 4.47. The summed E-state index contributed by atoms with van der Waals surface area (Å²) in [7, 11) is 0. The fourth-order valence-electron chi connectivity index (χ4n) is 1.33. The summed E-state index contributed by atoms with van der Waals surface area (Å²) in [5, 5.41) is 20.1. The van der Waals surface area contributed by atoms with E-state index in [0.29, 0.717) is 18.3 Å². The van der Waals surface area contributed by atoms with Crippen LogP contribution in [0.5, 0.6) is 5.75 Å². The monoisotopic (exact) mass is 280 g/mol. The quantitative estimate of drug-likeness (QED) is 0.754. The minimum absolute atomic E-state index is 0.0695. The zero-order valence-electron chi connectivity index (χ0n) is 9.97. The largest absolute Gasteiger partial charge is 0.492 e. The Kier molecular flexibility index (Phi) is 4.73. The van der Waals surface area contributed by atoms with E-state index < -0.39 is 5.97 Å². The van der Waals surface area contributed by atoms with Gasteiger partial charge in [-0.3, -0.25) is 4.79 Å². The third-order valence-corrected chi connectivity index (χ3v) is 3.08. The lowest BCUT2D eigenvalue weighted by atomic mass is 10.3. The Morgan fingerprint density at radius 1 is 1.37 bits per heavy atom. The van der Waals surface area contributed by atoms with E-state index in [-0.39, 0.29) is 5.75 Å². The molecule has 1 N–H and O–H groups in total. The van der Waals surface area contributed by atoms with Gasteiger partial charge in [0.05, 0.1) is 12.3 Å². The summed E-state index contributed by atoms with van der Waals surface area (Å²) < 4.78 is 7.04. The molecule has 2 aromatic rings. The molecule has 0 radical (unpaired) electrons. The number of carbonyl (C=O) groups is 1. The molecule has 2 rings (SSSR count). The maximum Gasteiger partial charge on any atom is 0.313 e. The molecule has 0 aliphatic rings. The minimum Gasteiger partial charge on any atom is -0.492 e. The maximum absolute atomic E-state index is 10.5. The number of nitrogens with zero attached hydrogens (tertiary/aromatic N) is 4. The predicted molar refractivity (Wildman–Crippen MR) is 68.1 cm³/mol. The van der Waals surface area contributed by atoms with E-state index in [0.717, 1.165) is 17.5 Å². The first-order chi connectivity index (χ1) is 9.25. The van der Waals surface area contributed by atoms with Crippen LogP contribution < -0.4 is 4.74 Å². The number of carboxylic acids is 1. The normalized spacial score (nSPS) is 10.3. The molecular formula is C11H12N4O3S. The molecule has 0 fully saturated rings. The third kappa shape index (κ3) is 4.25. The van der Waals surface area contributed by atoms with Gasteiger partial charge in [-0.1, -0.05) is 30.0 Å². The van der Waals surface area contributed by atoms with E-state index in [2.05, 4.69) is 15.5 Å². The van der Waals surface area contributed by atoms with Crippen LogP contribution in [0.1, 0.15) is 0 Å². The molecule has 0 atom stereocenters. The summed E-state index contributed by atoms with van der Waals surface area (Å²) in [5.41, 5.74) is 0. The van der Waals surface area contributed by atoms with Crippen molar-refractivity contribution in [1.29, 1.82) is 0 Å². The molecule has 1 aromatic heterocycles. The second kappa shape index (κ2) is 6.74. The Balaban J connectivity index is 1.83. The smallest absolute Gasteiger partial charge is 0.313 e. The highest BCUT2D eigenvalue weighted by Crippen LogP contribution is 2.13. The summed E-state index contributed by atoms with van der Waals surface area (Å²) in [6.07, 6.45) is 0. The molecular weight excluding hydrogens is 268 g/mol. The third-order valence-electron chi connectivity index (χ3n) is 2.14. The van der Waals surface area contributed by atoms with E-state index >= 15 is 0 Å². The Labute approximate surface area is 113 Å². The Hall–Kier alpha value is -2.09. The number of hydrogen-bond donors (Lipinski definition) is 1. The SMILES string of the molecule is O=C(O)CSc1nnnn1CCOc1ccccc1. The predicted octanol–water partition coefficient (Wildman–Crippen LogP) is 0.929. The van der Waals surface area contributed by atoms with Crippen LogP contribution in [0.4, 0.5) is 0 Å². The molecule has 19 heavy (non-hydrogen) atoms. The fraction of sp³-hybridized carbons (Fsp3) is 0.273. The van der Waals surface area contributed by atoms with Gasteiger partial charge < -0.3 is 9.84 Å². The van der Waals surface area contributed by atoms with Gasteiger partial charge in [0.25, 0.3) is 0 Å². The molecule has 8 heteroatoms. The van der Waals surface area contributed by atoms with Gasteiger partial charge in [-0.25, -0.2) is 4.68 Å². The summed E-state index contributed by atoms with van der Waals surface area (Å²) in [6.45, 7) is 0.875. The highest BCUT2D eigenvalue weighted by Gasteiger charge is 2.08. The molecule has 0 unspecified atom stereocenters. The van der Waals surface area contributed by atoms with Gasteiger partial charge in [0.15, 0.2) is 0 Å². The lowest BCUT2D eigenvalue weighted by Crippen LogP contribution is -2.11. The lowest BCUT2D eigenvalue weighted by Gasteiger charge is -2.06. The van der Waals surface area contributed by atoms with E-state index in [1.807, 2.05) is 30.3 Å². The first kappa shape index (κ1) is 13.3. The summed E-state index contributed by atoms with van der Waals surface area (Å²) in [6, 6.07) is 9.41. The standard InChI is InChI=1S/C11H12N4O3S/c16-10(17)8-19-11-12-13-14-15(11)6-7-18-9-4-2-1-3-5-9/h1-5H,6-8H2,(H,16,17). The number of hydrogen-bond acceptors (Lipinski definition) is 6.